The molecule has 3 nitrogen and oxygen atoms in total. The van der Waals surface area contributed by atoms with E-state index in [1.54, 1.807) is 0 Å². The molecule has 1 saturated heterocycles. The summed E-state index contributed by atoms with van der Waals surface area (Å²) in [6.07, 6.45) is 4.17. The number of aromatic nitrogens is 2. The molecule has 0 saturated carbocycles. The first-order valence-electron chi connectivity index (χ1n) is 6.11. The predicted octanol–water partition coefficient (Wildman–Crippen LogP) is 3.88. The minimum Gasteiger partial charge on any atom is -0.381 e. The fourth-order valence-corrected chi connectivity index (χ4v) is 2.90. The number of ether oxygens (including phenoxy) is 1. The van der Waals surface area contributed by atoms with Crippen molar-refractivity contribution in [3.05, 3.63) is 28.0 Å². The maximum Gasteiger partial charge on any atom is 0.0958 e. The van der Waals surface area contributed by atoms with E-state index in [0.29, 0.717) is 10.9 Å². The number of imidazole rings is 1. The normalized spacial score (nSPS) is 17.4. The summed E-state index contributed by atoms with van der Waals surface area (Å²) in [4.78, 5) is 4.41. The number of rotatable bonds is 2. The van der Waals surface area contributed by atoms with Crippen LogP contribution in [0.1, 0.15) is 12.8 Å². The van der Waals surface area contributed by atoms with Gasteiger partial charge in [0.05, 0.1) is 22.4 Å². The first-order chi connectivity index (χ1) is 8.74. The zero-order chi connectivity index (χ0) is 12.5. The summed E-state index contributed by atoms with van der Waals surface area (Å²) in [7, 11) is 0. The highest BCUT2D eigenvalue weighted by Gasteiger charge is 2.16. The highest BCUT2D eigenvalue weighted by atomic mass is 79.9. The third-order valence-electron chi connectivity index (χ3n) is 3.46. The molecule has 2 heterocycles. The average molecular weight is 330 g/mol. The van der Waals surface area contributed by atoms with Crippen molar-refractivity contribution in [2.24, 2.45) is 5.92 Å². The Hall–Kier alpha value is -0.580. The number of benzene rings is 1. The summed E-state index contributed by atoms with van der Waals surface area (Å²) in [5, 5.41) is 0.707. The van der Waals surface area contributed by atoms with Crippen molar-refractivity contribution in [3.8, 4) is 0 Å². The van der Waals surface area contributed by atoms with Crippen molar-refractivity contribution in [1.29, 1.82) is 0 Å². The highest BCUT2D eigenvalue weighted by molar-refractivity contribution is 9.10. The Kier molecular flexibility index (Phi) is 3.59. The van der Waals surface area contributed by atoms with E-state index in [2.05, 4.69) is 25.5 Å². The number of nitrogens with zero attached hydrogens (tertiary/aromatic N) is 2. The summed E-state index contributed by atoms with van der Waals surface area (Å²) in [6, 6.07) is 3.95. The van der Waals surface area contributed by atoms with Crippen molar-refractivity contribution in [2.75, 3.05) is 13.2 Å². The molecule has 1 aliphatic heterocycles. The van der Waals surface area contributed by atoms with Gasteiger partial charge in [0.15, 0.2) is 0 Å². The largest absolute Gasteiger partial charge is 0.381 e. The third kappa shape index (κ3) is 2.42. The van der Waals surface area contributed by atoms with Gasteiger partial charge in [-0.15, -0.1) is 0 Å². The molecule has 1 aromatic carbocycles. The van der Waals surface area contributed by atoms with Crippen LogP contribution in [0, 0.1) is 5.92 Å². The van der Waals surface area contributed by atoms with Crippen molar-refractivity contribution in [2.45, 2.75) is 19.4 Å². The second-order valence-electron chi connectivity index (χ2n) is 4.71. The van der Waals surface area contributed by atoms with E-state index in [9.17, 15) is 0 Å². The Balaban J connectivity index is 1.89. The Morgan fingerprint density at radius 2 is 2.17 bits per heavy atom. The summed E-state index contributed by atoms with van der Waals surface area (Å²) < 4.78 is 8.53. The molecule has 0 unspecified atom stereocenters. The van der Waals surface area contributed by atoms with Crippen LogP contribution in [0.25, 0.3) is 11.0 Å². The molecule has 0 atom stereocenters. The monoisotopic (exact) mass is 328 g/mol. The average Bonchev–Trinajstić information content (AvgIpc) is 2.74. The molecule has 0 bridgehead atoms. The second-order valence-corrected chi connectivity index (χ2v) is 5.97. The molecule has 5 heteroatoms. The van der Waals surface area contributed by atoms with Crippen molar-refractivity contribution in [3.63, 3.8) is 0 Å². The van der Waals surface area contributed by atoms with Gasteiger partial charge in [-0.25, -0.2) is 4.98 Å². The second kappa shape index (κ2) is 5.19. The number of hydrogen-bond donors (Lipinski definition) is 0. The van der Waals surface area contributed by atoms with Crippen LogP contribution < -0.4 is 0 Å². The van der Waals surface area contributed by atoms with Crippen LogP contribution in [-0.4, -0.2) is 22.8 Å². The molecule has 1 aliphatic rings. The smallest absolute Gasteiger partial charge is 0.0958 e. The van der Waals surface area contributed by atoms with Gasteiger partial charge < -0.3 is 9.30 Å². The lowest BCUT2D eigenvalue weighted by Gasteiger charge is -2.22. The predicted molar refractivity (Wildman–Crippen MR) is 76.0 cm³/mol. The molecule has 1 aromatic heterocycles. The van der Waals surface area contributed by atoms with E-state index >= 15 is 0 Å². The van der Waals surface area contributed by atoms with Gasteiger partial charge in [-0.05, 0) is 46.8 Å². The lowest BCUT2D eigenvalue weighted by molar-refractivity contribution is 0.0616. The van der Waals surface area contributed by atoms with Gasteiger partial charge in [-0.2, -0.15) is 0 Å². The van der Waals surface area contributed by atoms with Crippen LogP contribution in [0.3, 0.4) is 0 Å². The molecule has 18 heavy (non-hydrogen) atoms. The van der Waals surface area contributed by atoms with Crippen LogP contribution in [0.5, 0.6) is 0 Å². The SMILES string of the molecule is Clc1cc2ncn(CC3CCOCC3)c2cc1Br. The van der Waals surface area contributed by atoms with E-state index in [1.165, 1.54) is 0 Å². The lowest BCUT2D eigenvalue weighted by Crippen LogP contribution is -2.20. The van der Waals surface area contributed by atoms with Crippen LogP contribution in [0.4, 0.5) is 0 Å². The van der Waals surface area contributed by atoms with Gasteiger partial charge in [0.25, 0.3) is 0 Å². The van der Waals surface area contributed by atoms with Gasteiger partial charge in [0.1, 0.15) is 0 Å². The molecule has 2 aromatic rings. The van der Waals surface area contributed by atoms with Crippen molar-refractivity contribution in [1.82, 2.24) is 9.55 Å². The summed E-state index contributed by atoms with van der Waals surface area (Å²) in [5.41, 5.74) is 2.09. The van der Waals surface area contributed by atoms with Gasteiger partial charge in [-0.3, -0.25) is 0 Å². The minimum absolute atomic E-state index is 0.686. The summed E-state index contributed by atoms with van der Waals surface area (Å²) in [5.74, 6) is 0.686. The summed E-state index contributed by atoms with van der Waals surface area (Å²) >= 11 is 9.54. The molecular weight excluding hydrogens is 316 g/mol. The zero-order valence-electron chi connectivity index (χ0n) is 9.90. The Labute approximate surface area is 119 Å². The molecule has 0 N–H and O–H groups in total. The first-order valence-corrected chi connectivity index (χ1v) is 7.29. The van der Waals surface area contributed by atoms with Gasteiger partial charge >= 0.3 is 0 Å². The zero-order valence-corrected chi connectivity index (χ0v) is 12.2. The Bertz CT molecular complexity index is 563. The fraction of sp³-hybridized carbons (Fsp3) is 0.462. The quantitative estimate of drug-likeness (QED) is 0.836. The van der Waals surface area contributed by atoms with Gasteiger partial charge in [0.2, 0.25) is 0 Å². The molecule has 0 radical (unpaired) electrons. The van der Waals surface area contributed by atoms with Crippen LogP contribution in [-0.2, 0) is 11.3 Å². The topological polar surface area (TPSA) is 27.1 Å². The Morgan fingerprint density at radius 3 is 2.94 bits per heavy atom. The van der Waals surface area contributed by atoms with E-state index in [4.69, 9.17) is 16.3 Å². The molecular formula is C13H14BrClN2O. The Morgan fingerprint density at radius 1 is 1.39 bits per heavy atom. The van der Waals surface area contributed by atoms with E-state index in [1.807, 2.05) is 18.5 Å². The molecule has 0 aliphatic carbocycles. The molecule has 1 fully saturated rings. The molecule has 96 valence electrons. The minimum atomic E-state index is 0.686. The maximum absolute atomic E-state index is 6.08. The third-order valence-corrected chi connectivity index (χ3v) is 4.66. The number of halogens is 2. The van der Waals surface area contributed by atoms with Crippen molar-refractivity contribution < 1.29 is 4.74 Å². The van der Waals surface area contributed by atoms with E-state index in [0.717, 1.165) is 48.1 Å². The molecule has 0 amide bonds. The molecule has 0 spiro atoms. The van der Waals surface area contributed by atoms with E-state index < -0.39 is 0 Å². The number of fused-ring (bicyclic) bond motifs is 1. The fourth-order valence-electron chi connectivity index (χ4n) is 2.41. The first kappa shape index (κ1) is 12.5. The van der Waals surface area contributed by atoms with Crippen LogP contribution in [0.15, 0.2) is 22.9 Å². The lowest BCUT2D eigenvalue weighted by atomic mass is 10.0. The van der Waals surface area contributed by atoms with Crippen LogP contribution >= 0.6 is 27.5 Å². The van der Waals surface area contributed by atoms with Gasteiger partial charge in [-0.1, -0.05) is 11.6 Å². The maximum atomic E-state index is 6.08. The highest BCUT2D eigenvalue weighted by Crippen LogP contribution is 2.28. The standard InChI is InChI=1S/C13H14BrClN2O/c14-10-5-13-12(6-11(10)15)16-8-17(13)7-9-1-3-18-4-2-9/h5-6,8-9H,1-4,7H2. The molecule has 3 rings (SSSR count). The van der Waals surface area contributed by atoms with Gasteiger partial charge in [0, 0.05) is 24.2 Å². The summed E-state index contributed by atoms with van der Waals surface area (Å²) in [6.45, 7) is 2.77. The van der Waals surface area contributed by atoms with E-state index in [-0.39, 0.29) is 0 Å². The van der Waals surface area contributed by atoms with Crippen molar-refractivity contribution >= 4 is 38.6 Å². The van der Waals surface area contributed by atoms with Crippen LogP contribution in [0.2, 0.25) is 5.02 Å². The number of hydrogen-bond acceptors (Lipinski definition) is 2.